The van der Waals surface area contributed by atoms with Crippen LogP contribution in [0.2, 0.25) is 0 Å². The zero-order valence-corrected chi connectivity index (χ0v) is 12.5. The minimum Gasteiger partial charge on any atom is -0.304 e. The fourth-order valence-corrected chi connectivity index (χ4v) is 3.56. The molecule has 0 heterocycles. The SMILES string of the molecule is CCN(CC)CCC1(N(CC)CC)CCCC1. The molecule has 0 aliphatic heterocycles. The van der Waals surface area contributed by atoms with E-state index in [1.165, 1.54) is 64.8 Å². The molecule has 1 fully saturated rings. The molecule has 0 saturated heterocycles. The molecule has 2 nitrogen and oxygen atoms in total. The van der Waals surface area contributed by atoms with Gasteiger partial charge < -0.3 is 4.90 Å². The van der Waals surface area contributed by atoms with Crippen molar-refractivity contribution < 1.29 is 0 Å². The lowest BCUT2D eigenvalue weighted by molar-refractivity contribution is 0.0821. The quantitative estimate of drug-likeness (QED) is 0.642. The van der Waals surface area contributed by atoms with E-state index < -0.39 is 0 Å². The molecule has 0 atom stereocenters. The molecule has 0 N–H and O–H groups in total. The number of nitrogens with zero attached hydrogens (tertiary/aromatic N) is 2. The van der Waals surface area contributed by atoms with Gasteiger partial charge in [-0.05, 0) is 52.0 Å². The molecule has 0 unspecified atom stereocenters. The average molecular weight is 240 g/mol. The zero-order chi connectivity index (χ0) is 12.7. The first kappa shape index (κ1) is 15.0. The second kappa shape index (κ2) is 7.38. The highest BCUT2D eigenvalue weighted by Crippen LogP contribution is 2.38. The van der Waals surface area contributed by atoms with Crippen LogP contribution in [0.5, 0.6) is 0 Å². The van der Waals surface area contributed by atoms with Crippen molar-refractivity contribution in [3.8, 4) is 0 Å². The summed E-state index contributed by atoms with van der Waals surface area (Å²) in [5.74, 6) is 0. The number of hydrogen-bond donors (Lipinski definition) is 0. The lowest BCUT2D eigenvalue weighted by atomic mass is 9.90. The van der Waals surface area contributed by atoms with Crippen molar-refractivity contribution in [3.05, 3.63) is 0 Å². The van der Waals surface area contributed by atoms with Crippen LogP contribution in [0.25, 0.3) is 0 Å². The summed E-state index contributed by atoms with van der Waals surface area (Å²) in [6, 6.07) is 0. The van der Waals surface area contributed by atoms with E-state index in [1.807, 2.05) is 0 Å². The minimum atomic E-state index is 0.534. The van der Waals surface area contributed by atoms with Gasteiger partial charge in [-0.3, -0.25) is 4.90 Å². The fourth-order valence-electron chi connectivity index (χ4n) is 3.56. The molecule has 0 aromatic carbocycles. The summed E-state index contributed by atoms with van der Waals surface area (Å²) in [6.45, 7) is 15.3. The highest BCUT2D eigenvalue weighted by atomic mass is 15.2. The highest BCUT2D eigenvalue weighted by Gasteiger charge is 2.37. The second-order valence-electron chi connectivity index (χ2n) is 5.38. The first-order chi connectivity index (χ1) is 8.22. The van der Waals surface area contributed by atoms with Crippen LogP contribution in [-0.4, -0.2) is 48.1 Å². The Morgan fingerprint density at radius 2 is 1.35 bits per heavy atom. The van der Waals surface area contributed by atoms with E-state index in [4.69, 9.17) is 0 Å². The molecule has 0 radical (unpaired) electrons. The Morgan fingerprint density at radius 3 is 1.76 bits per heavy atom. The van der Waals surface area contributed by atoms with E-state index in [9.17, 15) is 0 Å². The Balaban J connectivity index is 2.58. The van der Waals surface area contributed by atoms with Crippen molar-refractivity contribution in [1.29, 1.82) is 0 Å². The van der Waals surface area contributed by atoms with Crippen molar-refractivity contribution in [3.63, 3.8) is 0 Å². The molecule has 1 aliphatic carbocycles. The van der Waals surface area contributed by atoms with E-state index >= 15 is 0 Å². The van der Waals surface area contributed by atoms with Crippen LogP contribution in [-0.2, 0) is 0 Å². The third kappa shape index (κ3) is 3.69. The molecule has 2 heteroatoms. The molecule has 0 aromatic rings. The summed E-state index contributed by atoms with van der Waals surface area (Å²) >= 11 is 0. The van der Waals surface area contributed by atoms with Crippen molar-refractivity contribution >= 4 is 0 Å². The first-order valence-electron chi connectivity index (χ1n) is 7.69. The van der Waals surface area contributed by atoms with E-state index in [0.717, 1.165) is 0 Å². The third-order valence-electron chi connectivity index (χ3n) is 4.76. The maximum Gasteiger partial charge on any atom is 0.0221 e. The molecule has 1 rings (SSSR count). The van der Waals surface area contributed by atoms with Crippen molar-refractivity contribution in [2.45, 2.75) is 65.3 Å². The molecule has 17 heavy (non-hydrogen) atoms. The van der Waals surface area contributed by atoms with Gasteiger partial charge in [0.25, 0.3) is 0 Å². The first-order valence-corrected chi connectivity index (χ1v) is 7.69. The van der Waals surface area contributed by atoms with Gasteiger partial charge in [-0.1, -0.05) is 40.5 Å². The molecule has 102 valence electrons. The van der Waals surface area contributed by atoms with Crippen LogP contribution in [0.4, 0.5) is 0 Å². The lowest BCUT2D eigenvalue weighted by Gasteiger charge is -2.41. The molecule has 1 saturated carbocycles. The Bertz CT molecular complexity index is 189. The van der Waals surface area contributed by atoms with Crippen LogP contribution in [0.3, 0.4) is 0 Å². The van der Waals surface area contributed by atoms with E-state index in [0.29, 0.717) is 5.54 Å². The van der Waals surface area contributed by atoms with Gasteiger partial charge in [0.15, 0.2) is 0 Å². The largest absolute Gasteiger partial charge is 0.304 e. The summed E-state index contributed by atoms with van der Waals surface area (Å²) < 4.78 is 0. The van der Waals surface area contributed by atoms with Crippen molar-refractivity contribution in [1.82, 2.24) is 9.80 Å². The monoisotopic (exact) mass is 240 g/mol. The maximum atomic E-state index is 2.73. The van der Waals surface area contributed by atoms with Crippen molar-refractivity contribution in [2.24, 2.45) is 0 Å². The fraction of sp³-hybridized carbons (Fsp3) is 1.00. The Kier molecular flexibility index (Phi) is 6.50. The van der Waals surface area contributed by atoms with Gasteiger partial charge >= 0.3 is 0 Å². The molecular weight excluding hydrogens is 208 g/mol. The molecule has 1 aliphatic rings. The third-order valence-corrected chi connectivity index (χ3v) is 4.76. The van der Waals surface area contributed by atoms with Crippen LogP contribution >= 0.6 is 0 Å². The van der Waals surface area contributed by atoms with E-state index in [-0.39, 0.29) is 0 Å². The van der Waals surface area contributed by atoms with Crippen LogP contribution in [0.1, 0.15) is 59.8 Å². The maximum absolute atomic E-state index is 2.73. The summed E-state index contributed by atoms with van der Waals surface area (Å²) in [6.07, 6.45) is 7.10. The van der Waals surface area contributed by atoms with Crippen LogP contribution < -0.4 is 0 Å². The lowest BCUT2D eigenvalue weighted by Crippen LogP contribution is -2.48. The summed E-state index contributed by atoms with van der Waals surface area (Å²) in [4.78, 5) is 5.30. The van der Waals surface area contributed by atoms with Gasteiger partial charge in [-0.25, -0.2) is 0 Å². The summed E-state index contributed by atoms with van der Waals surface area (Å²) in [7, 11) is 0. The van der Waals surface area contributed by atoms with E-state index in [1.54, 1.807) is 0 Å². The predicted octanol–water partition coefficient (Wildman–Crippen LogP) is 3.37. The molecule has 0 aromatic heterocycles. The van der Waals surface area contributed by atoms with E-state index in [2.05, 4.69) is 37.5 Å². The van der Waals surface area contributed by atoms with Crippen LogP contribution in [0.15, 0.2) is 0 Å². The predicted molar refractivity (Wildman–Crippen MR) is 76.5 cm³/mol. The Hall–Kier alpha value is -0.0800. The number of hydrogen-bond acceptors (Lipinski definition) is 2. The Labute approximate surface area is 108 Å². The zero-order valence-electron chi connectivity index (χ0n) is 12.5. The van der Waals surface area contributed by atoms with Gasteiger partial charge in [0, 0.05) is 5.54 Å². The van der Waals surface area contributed by atoms with Gasteiger partial charge in [-0.15, -0.1) is 0 Å². The van der Waals surface area contributed by atoms with Gasteiger partial charge in [0.1, 0.15) is 0 Å². The topological polar surface area (TPSA) is 6.48 Å². The highest BCUT2D eigenvalue weighted by molar-refractivity contribution is 4.94. The standard InChI is InChI=1S/C15H32N2/c1-5-16(6-2)14-13-15(11-9-10-12-15)17(7-3)8-4/h5-14H2,1-4H3. The molecular formula is C15H32N2. The summed E-state index contributed by atoms with van der Waals surface area (Å²) in [5, 5.41) is 0. The summed E-state index contributed by atoms with van der Waals surface area (Å²) in [5.41, 5.74) is 0.534. The van der Waals surface area contributed by atoms with Gasteiger partial charge in [-0.2, -0.15) is 0 Å². The van der Waals surface area contributed by atoms with Crippen LogP contribution in [0, 0.1) is 0 Å². The second-order valence-corrected chi connectivity index (χ2v) is 5.38. The Morgan fingerprint density at radius 1 is 0.824 bits per heavy atom. The number of rotatable bonds is 8. The van der Waals surface area contributed by atoms with Gasteiger partial charge in [0.2, 0.25) is 0 Å². The molecule has 0 bridgehead atoms. The normalized spacial score (nSPS) is 19.4. The minimum absolute atomic E-state index is 0.534. The molecule has 0 amide bonds. The van der Waals surface area contributed by atoms with Crippen molar-refractivity contribution in [2.75, 3.05) is 32.7 Å². The molecule has 0 spiro atoms. The average Bonchev–Trinajstić information content (AvgIpc) is 2.82. The smallest absolute Gasteiger partial charge is 0.0221 e. The van der Waals surface area contributed by atoms with Gasteiger partial charge in [0.05, 0.1) is 0 Å².